The van der Waals surface area contributed by atoms with Crippen LogP contribution in [0.3, 0.4) is 0 Å². The fraction of sp³-hybridized carbons (Fsp3) is 0.286. The highest BCUT2D eigenvalue weighted by Gasteiger charge is 2.30. The van der Waals surface area contributed by atoms with E-state index in [2.05, 4.69) is 32.2 Å². The average molecular weight is 429 g/mol. The Kier molecular flexibility index (Phi) is 6.06. The largest absolute Gasteiger partial charge is 0.495 e. The van der Waals surface area contributed by atoms with Gasteiger partial charge >= 0.3 is 0 Å². The summed E-state index contributed by atoms with van der Waals surface area (Å²) >= 11 is 7.41. The number of nitrogens with one attached hydrogen (secondary N) is 1. The Labute approximate surface area is 178 Å². The minimum Gasteiger partial charge on any atom is -0.495 e. The van der Waals surface area contributed by atoms with Crippen LogP contribution in [0.5, 0.6) is 5.75 Å². The molecule has 1 heterocycles. The van der Waals surface area contributed by atoms with Crippen molar-refractivity contribution in [2.24, 2.45) is 0 Å². The lowest BCUT2D eigenvalue weighted by atomic mass is 10.2. The second kappa shape index (κ2) is 8.88. The first kappa shape index (κ1) is 19.8. The van der Waals surface area contributed by atoms with E-state index in [9.17, 15) is 4.79 Å². The summed E-state index contributed by atoms with van der Waals surface area (Å²) in [5, 5.41) is 12.9. The molecule has 4 rings (SSSR count). The number of rotatable bonds is 8. The third-order valence-electron chi connectivity index (χ3n) is 4.64. The van der Waals surface area contributed by atoms with Crippen molar-refractivity contribution >= 4 is 35.0 Å². The number of ether oxygens (including phenoxy) is 1. The number of halogens is 1. The summed E-state index contributed by atoms with van der Waals surface area (Å²) in [6.07, 6.45) is 2.29. The Morgan fingerprint density at radius 2 is 2.03 bits per heavy atom. The maximum absolute atomic E-state index is 12.5. The smallest absolute Gasteiger partial charge is 0.234 e. The highest BCUT2D eigenvalue weighted by Crippen LogP contribution is 2.40. The van der Waals surface area contributed by atoms with E-state index in [-0.39, 0.29) is 11.7 Å². The number of carbonyl (C=O) groups is 1. The van der Waals surface area contributed by atoms with Gasteiger partial charge in [-0.05, 0) is 36.6 Å². The predicted molar refractivity (Wildman–Crippen MR) is 115 cm³/mol. The topological polar surface area (TPSA) is 69.0 Å². The van der Waals surface area contributed by atoms with Gasteiger partial charge in [0.15, 0.2) is 5.16 Å². The summed E-state index contributed by atoms with van der Waals surface area (Å²) in [6.45, 7) is 0.700. The maximum Gasteiger partial charge on any atom is 0.234 e. The average Bonchev–Trinajstić information content (AvgIpc) is 3.49. The Morgan fingerprint density at radius 1 is 1.24 bits per heavy atom. The number of hydrogen-bond donors (Lipinski definition) is 1. The molecule has 8 heteroatoms. The number of amides is 1. The zero-order valence-corrected chi connectivity index (χ0v) is 17.5. The van der Waals surface area contributed by atoms with Gasteiger partial charge < -0.3 is 14.6 Å². The second-order valence-corrected chi connectivity index (χ2v) is 8.25. The summed E-state index contributed by atoms with van der Waals surface area (Å²) in [5.41, 5.74) is 1.74. The van der Waals surface area contributed by atoms with Crippen LogP contribution in [0.1, 0.15) is 30.1 Å². The Balaban J connectivity index is 1.46. The SMILES string of the molecule is COc1ccc(Cl)cc1NC(=O)CSc1nnc(C2CC2)n1Cc1ccccc1. The predicted octanol–water partition coefficient (Wildman–Crippen LogP) is 4.60. The Bertz CT molecular complexity index is 1010. The van der Waals surface area contributed by atoms with E-state index in [0.29, 0.717) is 28.9 Å². The molecular weight excluding hydrogens is 408 g/mol. The molecule has 6 nitrogen and oxygen atoms in total. The molecule has 1 saturated carbocycles. The second-order valence-electron chi connectivity index (χ2n) is 6.87. The summed E-state index contributed by atoms with van der Waals surface area (Å²) in [7, 11) is 1.55. The van der Waals surface area contributed by atoms with Gasteiger partial charge in [0, 0.05) is 10.9 Å². The van der Waals surface area contributed by atoms with Crippen molar-refractivity contribution in [3.05, 3.63) is 64.9 Å². The molecule has 0 bridgehead atoms. The van der Waals surface area contributed by atoms with E-state index in [1.54, 1.807) is 25.3 Å². The normalized spacial score (nSPS) is 13.3. The fourth-order valence-corrected chi connectivity index (χ4v) is 3.98. The zero-order valence-electron chi connectivity index (χ0n) is 16.0. The molecule has 0 atom stereocenters. The Morgan fingerprint density at radius 3 is 2.76 bits per heavy atom. The van der Waals surface area contributed by atoms with Gasteiger partial charge in [-0.15, -0.1) is 10.2 Å². The third kappa shape index (κ3) is 4.92. The number of anilines is 1. The van der Waals surface area contributed by atoms with Crippen molar-refractivity contribution in [3.63, 3.8) is 0 Å². The van der Waals surface area contributed by atoms with Crippen molar-refractivity contribution < 1.29 is 9.53 Å². The minimum atomic E-state index is -0.155. The molecule has 0 saturated heterocycles. The van der Waals surface area contributed by atoms with Gasteiger partial charge in [0.25, 0.3) is 0 Å². The van der Waals surface area contributed by atoms with E-state index in [1.807, 2.05) is 18.2 Å². The highest BCUT2D eigenvalue weighted by atomic mass is 35.5. The molecule has 1 aliphatic carbocycles. The van der Waals surface area contributed by atoms with Crippen molar-refractivity contribution in [2.45, 2.75) is 30.5 Å². The third-order valence-corrected chi connectivity index (χ3v) is 5.84. The lowest BCUT2D eigenvalue weighted by Crippen LogP contribution is -2.15. The molecule has 0 unspecified atom stereocenters. The van der Waals surface area contributed by atoms with Gasteiger partial charge in [-0.1, -0.05) is 53.7 Å². The molecule has 0 spiro atoms. The number of methoxy groups -OCH3 is 1. The number of benzene rings is 2. The van der Waals surface area contributed by atoms with Gasteiger partial charge in [-0.2, -0.15) is 0 Å². The van der Waals surface area contributed by atoms with Crippen molar-refractivity contribution in [2.75, 3.05) is 18.2 Å². The van der Waals surface area contributed by atoms with Crippen molar-refractivity contribution in [1.82, 2.24) is 14.8 Å². The number of carbonyl (C=O) groups excluding carboxylic acids is 1. The van der Waals surface area contributed by atoms with E-state index in [1.165, 1.54) is 17.3 Å². The van der Waals surface area contributed by atoms with E-state index in [4.69, 9.17) is 16.3 Å². The first-order valence-corrected chi connectivity index (χ1v) is 10.7. The molecule has 1 aliphatic rings. The van der Waals surface area contributed by atoms with Gasteiger partial charge in [0.05, 0.1) is 25.1 Å². The van der Waals surface area contributed by atoms with E-state index >= 15 is 0 Å². The van der Waals surface area contributed by atoms with Gasteiger partial charge in [-0.25, -0.2) is 0 Å². The summed E-state index contributed by atoms with van der Waals surface area (Å²) < 4.78 is 7.41. The molecule has 1 N–H and O–H groups in total. The molecule has 1 fully saturated rings. The van der Waals surface area contributed by atoms with Crippen LogP contribution >= 0.6 is 23.4 Å². The first-order chi connectivity index (χ1) is 14.1. The monoisotopic (exact) mass is 428 g/mol. The Hall–Kier alpha value is -2.51. The number of thioether (sulfide) groups is 1. The number of nitrogens with zero attached hydrogens (tertiary/aromatic N) is 3. The van der Waals surface area contributed by atoms with E-state index in [0.717, 1.165) is 23.8 Å². The standard InChI is InChI=1S/C21H21ClN4O2S/c1-28-18-10-9-16(22)11-17(18)23-19(27)13-29-21-25-24-20(15-7-8-15)26(21)12-14-5-3-2-4-6-14/h2-6,9-11,15H,7-8,12-13H2,1H3,(H,23,27). The van der Waals surface area contributed by atoms with Crippen LogP contribution in [0, 0.1) is 0 Å². The summed E-state index contributed by atoms with van der Waals surface area (Å²) in [6, 6.07) is 15.3. The van der Waals surface area contributed by atoms with Crippen LogP contribution in [-0.4, -0.2) is 33.5 Å². The van der Waals surface area contributed by atoms with Crippen LogP contribution in [0.25, 0.3) is 0 Å². The maximum atomic E-state index is 12.5. The zero-order chi connectivity index (χ0) is 20.2. The van der Waals surface area contributed by atoms with Crippen LogP contribution in [0.15, 0.2) is 53.7 Å². The molecule has 29 heavy (non-hydrogen) atoms. The fourth-order valence-electron chi connectivity index (χ4n) is 3.06. The highest BCUT2D eigenvalue weighted by molar-refractivity contribution is 7.99. The molecule has 0 aliphatic heterocycles. The van der Waals surface area contributed by atoms with Crippen LogP contribution in [0.4, 0.5) is 5.69 Å². The number of hydrogen-bond acceptors (Lipinski definition) is 5. The summed E-state index contributed by atoms with van der Waals surface area (Å²) in [4.78, 5) is 12.5. The number of aromatic nitrogens is 3. The van der Waals surface area contributed by atoms with Crippen LogP contribution < -0.4 is 10.1 Å². The quantitative estimate of drug-likeness (QED) is 0.531. The first-order valence-electron chi connectivity index (χ1n) is 9.37. The lowest BCUT2D eigenvalue weighted by Gasteiger charge is -2.11. The van der Waals surface area contributed by atoms with E-state index < -0.39 is 0 Å². The molecular formula is C21H21ClN4O2S. The minimum absolute atomic E-state index is 0.155. The molecule has 1 aromatic heterocycles. The van der Waals surface area contributed by atoms with Gasteiger partial charge in [0.1, 0.15) is 11.6 Å². The summed E-state index contributed by atoms with van der Waals surface area (Å²) in [5.74, 6) is 2.11. The van der Waals surface area contributed by atoms with Crippen LogP contribution in [0.2, 0.25) is 5.02 Å². The van der Waals surface area contributed by atoms with Crippen molar-refractivity contribution in [3.8, 4) is 5.75 Å². The molecule has 3 aromatic rings. The lowest BCUT2D eigenvalue weighted by molar-refractivity contribution is -0.113. The van der Waals surface area contributed by atoms with Gasteiger partial charge in [0.2, 0.25) is 5.91 Å². The van der Waals surface area contributed by atoms with Crippen molar-refractivity contribution in [1.29, 1.82) is 0 Å². The molecule has 150 valence electrons. The molecule has 2 aromatic carbocycles. The molecule has 1 amide bonds. The van der Waals surface area contributed by atoms with Crippen LogP contribution in [-0.2, 0) is 11.3 Å². The van der Waals surface area contributed by atoms with Gasteiger partial charge in [-0.3, -0.25) is 4.79 Å². The molecule has 0 radical (unpaired) electrons.